The Balaban J connectivity index is 2.10. The number of nitrogens with one attached hydrogen (secondary N) is 1. The summed E-state index contributed by atoms with van der Waals surface area (Å²) in [5, 5.41) is 6.63. The Hall–Kier alpha value is -2.33. The van der Waals surface area contributed by atoms with Gasteiger partial charge in [-0.1, -0.05) is 16.8 Å². The average molecular weight is 312 g/mol. The summed E-state index contributed by atoms with van der Waals surface area (Å²) in [6.07, 6.45) is 1.71. The number of aromatic amines is 1. The van der Waals surface area contributed by atoms with Crippen molar-refractivity contribution >= 4 is 33.4 Å². The van der Waals surface area contributed by atoms with E-state index in [2.05, 4.69) is 34.2 Å². The van der Waals surface area contributed by atoms with Crippen molar-refractivity contribution in [3.63, 3.8) is 0 Å². The molecule has 0 atom stereocenters. The highest BCUT2D eigenvalue weighted by atomic mass is 35.5. The average Bonchev–Trinajstić information content (AvgIpc) is 2.99. The molecule has 4 rings (SSSR count). The number of hydrogen-bond donors (Lipinski definition) is 1. The third-order valence-electron chi connectivity index (χ3n) is 4.11. The lowest BCUT2D eigenvalue weighted by molar-refractivity contribution is 0.393. The van der Waals surface area contributed by atoms with E-state index in [-0.39, 0.29) is 0 Å². The van der Waals surface area contributed by atoms with Gasteiger partial charge >= 0.3 is 0 Å². The van der Waals surface area contributed by atoms with Crippen LogP contribution in [0.4, 0.5) is 0 Å². The van der Waals surface area contributed by atoms with Gasteiger partial charge in [0.05, 0.1) is 11.2 Å². The maximum absolute atomic E-state index is 6.26. The summed E-state index contributed by atoms with van der Waals surface area (Å²) in [6, 6.07) is 6.21. The van der Waals surface area contributed by atoms with Crippen LogP contribution in [-0.4, -0.2) is 15.1 Å². The number of pyridine rings is 1. The van der Waals surface area contributed by atoms with E-state index in [0.717, 1.165) is 50.0 Å². The van der Waals surface area contributed by atoms with Gasteiger partial charge in [0.2, 0.25) is 0 Å². The van der Waals surface area contributed by atoms with Crippen LogP contribution in [0.2, 0.25) is 5.15 Å². The minimum atomic E-state index is 0.522. The van der Waals surface area contributed by atoms with Gasteiger partial charge in [0.25, 0.3) is 0 Å². The maximum Gasteiger partial charge on any atom is 0.141 e. The lowest BCUT2D eigenvalue weighted by Gasteiger charge is -2.06. The van der Waals surface area contributed by atoms with E-state index < -0.39 is 0 Å². The van der Waals surface area contributed by atoms with Crippen molar-refractivity contribution in [2.24, 2.45) is 0 Å². The van der Waals surface area contributed by atoms with Crippen molar-refractivity contribution in [2.75, 3.05) is 0 Å². The van der Waals surface area contributed by atoms with Gasteiger partial charge in [0.15, 0.2) is 0 Å². The zero-order chi connectivity index (χ0) is 15.4. The Labute approximate surface area is 132 Å². The third-order valence-corrected chi connectivity index (χ3v) is 4.40. The number of nitrogens with zero attached hydrogens (tertiary/aromatic N) is 2. The molecule has 0 saturated carbocycles. The number of aromatic nitrogens is 3. The summed E-state index contributed by atoms with van der Waals surface area (Å²) in [5.74, 6) is 0.829. The second-order valence-electron chi connectivity index (χ2n) is 5.56. The first-order valence-corrected chi connectivity index (χ1v) is 7.44. The summed E-state index contributed by atoms with van der Waals surface area (Å²) in [6.45, 7) is 5.98. The molecule has 0 bridgehead atoms. The van der Waals surface area contributed by atoms with Crippen LogP contribution in [0.25, 0.3) is 32.9 Å². The molecular weight excluding hydrogens is 298 g/mol. The molecule has 0 aliphatic heterocycles. The first-order valence-electron chi connectivity index (χ1n) is 7.06. The van der Waals surface area contributed by atoms with Crippen molar-refractivity contribution in [3.8, 4) is 11.1 Å². The molecule has 5 heteroatoms. The summed E-state index contributed by atoms with van der Waals surface area (Å²) in [7, 11) is 0. The van der Waals surface area contributed by atoms with Crippen LogP contribution in [-0.2, 0) is 0 Å². The minimum Gasteiger partial charge on any atom is -0.361 e. The van der Waals surface area contributed by atoms with Crippen molar-refractivity contribution in [1.82, 2.24) is 15.1 Å². The molecule has 0 fully saturated rings. The molecule has 0 radical (unpaired) electrons. The maximum atomic E-state index is 6.26. The lowest BCUT2D eigenvalue weighted by Crippen LogP contribution is -1.87. The molecule has 3 aromatic heterocycles. The normalized spacial score (nSPS) is 11.6. The molecule has 0 saturated heterocycles. The van der Waals surface area contributed by atoms with Gasteiger partial charge in [-0.05, 0) is 50.1 Å². The fourth-order valence-electron chi connectivity index (χ4n) is 3.10. The zero-order valence-corrected chi connectivity index (χ0v) is 13.2. The van der Waals surface area contributed by atoms with E-state index in [0.29, 0.717) is 5.15 Å². The molecule has 0 aliphatic rings. The van der Waals surface area contributed by atoms with Gasteiger partial charge in [-0.3, -0.25) is 0 Å². The molecule has 22 heavy (non-hydrogen) atoms. The van der Waals surface area contributed by atoms with Crippen LogP contribution in [0, 0.1) is 20.8 Å². The first kappa shape index (κ1) is 13.3. The summed E-state index contributed by atoms with van der Waals surface area (Å²) in [4.78, 5) is 7.59. The molecule has 3 heterocycles. The van der Waals surface area contributed by atoms with Gasteiger partial charge in [-0.2, -0.15) is 0 Å². The SMILES string of the molecule is Cc1cc2c(cc1-c1c(C)noc1C)[nH]c1ccnc(Cl)c12. The van der Waals surface area contributed by atoms with Crippen LogP contribution >= 0.6 is 11.6 Å². The first-order chi connectivity index (χ1) is 10.6. The summed E-state index contributed by atoms with van der Waals surface area (Å²) >= 11 is 6.26. The fourth-order valence-corrected chi connectivity index (χ4v) is 3.36. The monoisotopic (exact) mass is 311 g/mol. The molecule has 1 aromatic carbocycles. The van der Waals surface area contributed by atoms with Gasteiger partial charge in [0.1, 0.15) is 10.9 Å². The van der Waals surface area contributed by atoms with Crippen molar-refractivity contribution in [2.45, 2.75) is 20.8 Å². The Bertz CT molecular complexity index is 1010. The summed E-state index contributed by atoms with van der Waals surface area (Å²) in [5.41, 5.74) is 6.26. The molecule has 0 spiro atoms. The smallest absolute Gasteiger partial charge is 0.141 e. The van der Waals surface area contributed by atoms with Crippen LogP contribution in [0.15, 0.2) is 28.9 Å². The van der Waals surface area contributed by atoms with E-state index in [1.165, 1.54) is 0 Å². The highest BCUT2D eigenvalue weighted by Crippen LogP contribution is 2.36. The molecule has 4 aromatic rings. The van der Waals surface area contributed by atoms with Gasteiger partial charge in [-0.15, -0.1) is 0 Å². The van der Waals surface area contributed by atoms with Crippen molar-refractivity contribution < 1.29 is 4.52 Å². The van der Waals surface area contributed by atoms with Crippen LogP contribution in [0.5, 0.6) is 0 Å². The number of aryl methyl sites for hydroxylation is 3. The second-order valence-corrected chi connectivity index (χ2v) is 5.92. The van der Waals surface area contributed by atoms with Gasteiger partial charge < -0.3 is 9.51 Å². The predicted molar refractivity (Wildman–Crippen MR) is 88.3 cm³/mol. The number of halogens is 1. The number of rotatable bonds is 1. The van der Waals surface area contributed by atoms with Crippen molar-refractivity contribution in [3.05, 3.63) is 46.6 Å². The zero-order valence-electron chi connectivity index (χ0n) is 12.5. The highest BCUT2D eigenvalue weighted by molar-refractivity contribution is 6.36. The summed E-state index contributed by atoms with van der Waals surface area (Å²) < 4.78 is 5.30. The standard InChI is InChI=1S/C17H14ClN3O/c1-8-6-12-14(20-13-4-5-19-17(18)16(12)13)7-11(8)15-9(2)21-22-10(15)3/h4-7,20H,1-3H3. The number of hydrogen-bond acceptors (Lipinski definition) is 3. The second kappa shape index (κ2) is 4.58. The number of fused-ring (bicyclic) bond motifs is 3. The number of H-pyrrole nitrogens is 1. The molecular formula is C17H14ClN3O. The predicted octanol–water partition coefficient (Wildman–Crippen LogP) is 4.95. The lowest BCUT2D eigenvalue weighted by atomic mass is 9.97. The van der Waals surface area contributed by atoms with Crippen LogP contribution in [0.3, 0.4) is 0 Å². The topological polar surface area (TPSA) is 54.7 Å². The molecule has 1 N–H and O–H groups in total. The molecule has 4 nitrogen and oxygen atoms in total. The van der Waals surface area contributed by atoms with E-state index in [1.54, 1.807) is 6.20 Å². The molecule has 110 valence electrons. The quantitative estimate of drug-likeness (QED) is 0.506. The Morgan fingerprint density at radius 1 is 1.14 bits per heavy atom. The Kier molecular flexibility index (Phi) is 2.78. The fraction of sp³-hybridized carbons (Fsp3) is 0.176. The van der Waals surface area contributed by atoms with E-state index in [9.17, 15) is 0 Å². The van der Waals surface area contributed by atoms with E-state index in [4.69, 9.17) is 16.1 Å². The molecule has 0 unspecified atom stereocenters. The van der Waals surface area contributed by atoms with Gasteiger partial charge in [0, 0.05) is 28.0 Å². The third kappa shape index (κ3) is 1.77. The van der Waals surface area contributed by atoms with Crippen molar-refractivity contribution in [1.29, 1.82) is 0 Å². The largest absolute Gasteiger partial charge is 0.361 e. The minimum absolute atomic E-state index is 0.522. The van der Waals surface area contributed by atoms with E-state index >= 15 is 0 Å². The Morgan fingerprint density at radius 3 is 2.68 bits per heavy atom. The number of benzene rings is 1. The van der Waals surface area contributed by atoms with Crippen LogP contribution < -0.4 is 0 Å². The van der Waals surface area contributed by atoms with Crippen LogP contribution in [0.1, 0.15) is 17.0 Å². The Morgan fingerprint density at radius 2 is 1.95 bits per heavy atom. The highest BCUT2D eigenvalue weighted by Gasteiger charge is 2.16. The van der Waals surface area contributed by atoms with E-state index in [1.807, 2.05) is 19.9 Å². The molecule has 0 aliphatic carbocycles. The van der Waals surface area contributed by atoms with Gasteiger partial charge in [-0.25, -0.2) is 4.98 Å². The molecule has 0 amide bonds.